The van der Waals surface area contributed by atoms with Crippen molar-refractivity contribution in [2.24, 2.45) is 0 Å². The minimum Gasteiger partial charge on any atom is -0.326 e. The molecule has 152 valence electrons. The van der Waals surface area contributed by atoms with Gasteiger partial charge >= 0.3 is 0 Å². The first-order valence-electron chi connectivity index (χ1n) is 9.61. The molecule has 1 unspecified atom stereocenters. The highest BCUT2D eigenvalue weighted by atomic mass is 35.5. The molecule has 1 atom stereocenters. The Hall–Kier alpha value is -1.15. The highest BCUT2D eigenvalue weighted by Crippen LogP contribution is 2.26. The lowest BCUT2D eigenvalue weighted by Gasteiger charge is -2.21. The van der Waals surface area contributed by atoms with E-state index in [4.69, 9.17) is 0 Å². The Bertz CT molecular complexity index is 741. The number of nitrogens with one attached hydrogen (secondary N) is 2. The van der Waals surface area contributed by atoms with Gasteiger partial charge in [-0.3, -0.25) is 4.79 Å². The summed E-state index contributed by atoms with van der Waals surface area (Å²) in [6, 6.07) is 5.38. The van der Waals surface area contributed by atoms with E-state index in [0.29, 0.717) is 35.7 Å². The molecule has 1 aromatic carbocycles. The fourth-order valence-corrected chi connectivity index (χ4v) is 5.51. The topological polar surface area (TPSA) is 78.5 Å². The largest absolute Gasteiger partial charge is 0.326 e. The number of halogens is 1. The number of amides is 1. The standard InChI is InChI=1S/C19H29N3O3S.ClH/c1-15-8-9-17(21-19(23)14-16-7-6-10-20-16)13-18(15)26(24,25)22-11-4-2-3-5-12-22;/h8-9,13,16,20H,2-7,10-12,14H2,1H3,(H,21,23);1H. The summed E-state index contributed by atoms with van der Waals surface area (Å²) in [6.45, 7) is 3.91. The van der Waals surface area contributed by atoms with Crippen molar-refractivity contribution < 1.29 is 13.2 Å². The lowest BCUT2D eigenvalue weighted by Crippen LogP contribution is -2.32. The van der Waals surface area contributed by atoms with Crippen molar-refractivity contribution in [3.8, 4) is 0 Å². The van der Waals surface area contributed by atoms with Gasteiger partial charge in [0.05, 0.1) is 4.90 Å². The molecule has 1 amide bonds. The third kappa shape index (κ3) is 5.67. The van der Waals surface area contributed by atoms with Gasteiger partial charge in [0.25, 0.3) is 0 Å². The molecular weight excluding hydrogens is 386 g/mol. The van der Waals surface area contributed by atoms with E-state index in [1.165, 1.54) is 0 Å². The average Bonchev–Trinajstić information content (AvgIpc) is 2.94. The molecule has 8 heteroatoms. The highest BCUT2D eigenvalue weighted by Gasteiger charge is 2.27. The van der Waals surface area contributed by atoms with Gasteiger partial charge in [0.2, 0.25) is 15.9 Å². The van der Waals surface area contributed by atoms with Crippen molar-refractivity contribution in [2.45, 2.75) is 62.8 Å². The van der Waals surface area contributed by atoms with Crippen LogP contribution in [0.25, 0.3) is 0 Å². The molecule has 1 aromatic rings. The van der Waals surface area contributed by atoms with Crippen molar-refractivity contribution in [1.29, 1.82) is 0 Å². The molecule has 0 spiro atoms. The molecule has 0 saturated carbocycles. The fraction of sp³-hybridized carbons (Fsp3) is 0.632. The third-order valence-corrected chi connectivity index (χ3v) is 7.29. The predicted octanol–water partition coefficient (Wildman–Crippen LogP) is 3.06. The lowest BCUT2D eigenvalue weighted by molar-refractivity contribution is -0.116. The molecule has 2 aliphatic rings. The van der Waals surface area contributed by atoms with Crippen molar-refractivity contribution in [2.75, 3.05) is 25.0 Å². The molecule has 2 aliphatic heterocycles. The normalized spacial score (nSPS) is 21.3. The third-order valence-electron chi connectivity index (χ3n) is 5.25. The maximum absolute atomic E-state index is 13.1. The van der Waals surface area contributed by atoms with E-state index >= 15 is 0 Å². The first-order valence-corrected chi connectivity index (χ1v) is 11.0. The van der Waals surface area contributed by atoms with Gasteiger partial charge in [-0.15, -0.1) is 12.4 Å². The van der Waals surface area contributed by atoms with Crippen LogP contribution < -0.4 is 10.6 Å². The summed E-state index contributed by atoms with van der Waals surface area (Å²) in [5.41, 5.74) is 1.26. The SMILES string of the molecule is Cc1ccc(NC(=O)CC2CCCN2)cc1S(=O)(=O)N1CCCCCC1.Cl. The Kier molecular flexibility index (Phi) is 8.09. The Labute approximate surface area is 168 Å². The van der Waals surface area contributed by atoms with Crippen LogP contribution in [0.5, 0.6) is 0 Å². The smallest absolute Gasteiger partial charge is 0.243 e. The maximum atomic E-state index is 13.1. The van der Waals surface area contributed by atoms with Crippen LogP contribution in [0.2, 0.25) is 0 Å². The second kappa shape index (κ2) is 9.87. The van der Waals surface area contributed by atoms with E-state index in [1.54, 1.807) is 29.4 Å². The first kappa shape index (κ1) is 22.1. The summed E-state index contributed by atoms with van der Waals surface area (Å²) in [5, 5.41) is 6.17. The van der Waals surface area contributed by atoms with Gasteiger partial charge in [-0.25, -0.2) is 8.42 Å². The summed E-state index contributed by atoms with van der Waals surface area (Å²) >= 11 is 0. The lowest BCUT2D eigenvalue weighted by atomic mass is 10.1. The van der Waals surface area contributed by atoms with Crippen LogP contribution >= 0.6 is 12.4 Å². The second-order valence-corrected chi connectivity index (χ2v) is 9.25. The van der Waals surface area contributed by atoms with Gasteiger partial charge < -0.3 is 10.6 Å². The number of hydrogen-bond donors (Lipinski definition) is 2. The Morgan fingerprint density at radius 3 is 2.52 bits per heavy atom. The number of hydrogen-bond acceptors (Lipinski definition) is 4. The molecule has 0 bridgehead atoms. The van der Waals surface area contributed by atoms with Gasteiger partial charge in [-0.05, 0) is 56.8 Å². The van der Waals surface area contributed by atoms with Crippen LogP contribution in [-0.2, 0) is 14.8 Å². The molecular formula is C19H30ClN3O3S. The fourth-order valence-electron chi connectivity index (χ4n) is 3.74. The van der Waals surface area contributed by atoms with E-state index < -0.39 is 10.0 Å². The van der Waals surface area contributed by atoms with Gasteiger partial charge in [0.15, 0.2) is 0 Å². The van der Waals surface area contributed by atoms with Crippen molar-refractivity contribution >= 4 is 34.0 Å². The summed E-state index contributed by atoms with van der Waals surface area (Å²) in [6.07, 6.45) is 6.50. The van der Waals surface area contributed by atoms with Gasteiger partial charge in [-0.2, -0.15) is 4.31 Å². The molecule has 2 N–H and O–H groups in total. The zero-order chi connectivity index (χ0) is 18.6. The Morgan fingerprint density at radius 1 is 1.19 bits per heavy atom. The molecule has 0 aliphatic carbocycles. The first-order chi connectivity index (χ1) is 12.5. The van der Waals surface area contributed by atoms with Gasteiger partial charge in [0.1, 0.15) is 0 Å². The summed E-state index contributed by atoms with van der Waals surface area (Å²) < 4.78 is 27.8. The second-order valence-electron chi connectivity index (χ2n) is 7.34. The molecule has 3 rings (SSSR count). The number of nitrogens with zero attached hydrogens (tertiary/aromatic N) is 1. The molecule has 2 saturated heterocycles. The Morgan fingerprint density at radius 2 is 1.89 bits per heavy atom. The quantitative estimate of drug-likeness (QED) is 0.774. The number of benzene rings is 1. The maximum Gasteiger partial charge on any atom is 0.243 e. The van der Waals surface area contributed by atoms with E-state index in [0.717, 1.165) is 45.1 Å². The van der Waals surface area contributed by atoms with Gasteiger partial charge in [0, 0.05) is 31.2 Å². The minimum absolute atomic E-state index is 0. The van der Waals surface area contributed by atoms with Crippen LogP contribution in [0.3, 0.4) is 0 Å². The minimum atomic E-state index is -3.53. The number of carbonyl (C=O) groups excluding carboxylic acids is 1. The number of aryl methyl sites for hydroxylation is 1. The molecule has 27 heavy (non-hydrogen) atoms. The number of carbonyl (C=O) groups is 1. The average molecular weight is 416 g/mol. The van der Waals surface area contributed by atoms with E-state index in [-0.39, 0.29) is 24.4 Å². The molecule has 0 aromatic heterocycles. The highest BCUT2D eigenvalue weighted by molar-refractivity contribution is 7.89. The van der Waals surface area contributed by atoms with E-state index in [2.05, 4.69) is 10.6 Å². The molecule has 2 fully saturated rings. The van der Waals surface area contributed by atoms with Crippen LogP contribution in [0, 0.1) is 6.92 Å². The van der Waals surface area contributed by atoms with E-state index in [9.17, 15) is 13.2 Å². The Balaban J connectivity index is 0.00000261. The molecule has 6 nitrogen and oxygen atoms in total. The van der Waals surface area contributed by atoms with E-state index in [1.807, 2.05) is 0 Å². The number of anilines is 1. The van der Waals surface area contributed by atoms with Crippen LogP contribution in [0.4, 0.5) is 5.69 Å². The van der Waals surface area contributed by atoms with Crippen LogP contribution in [0.1, 0.15) is 50.5 Å². The summed E-state index contributed by atoms with van der Waals surface area (Å²) in [5.74, 6) is -0.0774. The predicted molar refractivity (Wildman–Crippen MR) is 110 cm³/mol. The van der Waals surface area contributed by atoms with Crippen molar-refractivity contribution in [3.63, 3.8) is 0 Å². The zero-order valence-corrected chi connectivity index (χ0v) is 17.5. The zero-order valence-electron chi connectivity index (χ0n) is 15.9. The molecule has 0 radical (unpaired) electrons. The summed E-state index contributed by atoms with van der Waals surface area (Å²) in [4.78, 5) is 12.6. The monoisotopic (exact) mass is 415 g/mol. The van der Waals surface area contributed by atoms with Crippen LogP contribution in [-0.4, -0.2) is 44.3 Å². The summed E-state index contributed by atoms with van der Waals surface area (Å²) in [7, 11) is -3.53. The number of sulfonamides is 1. The van der Waals surface area contributed by atoms with Gasteiger partial charge in [-0.1, -0.05) is 18.9 Å². The van der Waals surface area contributed by atoms with Crippen LogP contribution in [0.15, 0.2) is 23.1 Å². The van der Waals surface area contributed by atoms with Crippen molar-refractivity contribution in [3.05, 3.63) is 23.8 Å². The van der Waals surface area contributed by atoms with Crippen molar-refractivity contribution in [1.82, 2.24) is 9.62 Å². The number of rotatable bonds is 5. The molecule has 2 heterocycles.